The highest BCUT2D eigenvalue weighted by molar-refractivity contribution is 5.85. The molecule has 0 aromatic heterocycles. The molecule has 0 aliphatic carbocycles. The molecule has 2 N–H and O–H groups in total. The second kappa shape index (κ2) is 6.89. The van der Waals surface area contributed by atoms with Crippen LogP contribution in [0.5, 0.6) is 0 Å². The maximum atomic E-state index is 5.79. The Morgan fingerprint density at radius 1 is 1.19 bits per heavy atom. The molecule has 0 saturated carbocycles. The molecule has 0 aliphatic heterocycles. The quantitative estimate of drug-likeness (QED) is 0.880. The van der Waals surface area contributed by atoms with Crippen molar-refractivity contribution in [2.45, 2.75) is 32.9 Å². The van der Waals surface area contributed by atoms with Gasteiger partial charge in [0.1, 0.15) is 0 Å². The van der Waals surface area contributed by atoms with E-state index in [0.29, 0.717) is 6.04 Å². The van der Waals surface area contributed by atoms with Crippen molar-refractivity contribution in [3.63, 3.8) is 0 Å². The zero-order valence-corrected chi connectivity index (χ0v) is 11.4. The number of nitrogens with zero attached hydrogens (tertiary/aromatic N) is 1. The van der Waals surface area contributed by atoms with Gasteiger partial charge in [0.05, 0.1) is 0 Å². The standard InChI is InChI=1S/C13H22N2.ClH/c1-10-5-7-13(8-6-10)12(3)15(4)9-11(2)14;/h5-8,11-12H,9,14H2,1-4H3;1H. The molecule has 0 bridgehead atoms. The van der Waals surface area contributed by atoms with Crippen LogP contribution in [-0.4, -0.2) is 24.5 Å². The first-order valence-corrected chi connectivity index (χ1v) is 5.53. The van der Waals surface area contributed by atoms with Gasteiger partial charge in [0.2, 0.25) is 0 Å². The van der Waals surface area contributed by atoms with Crippen LogP contribution >= 0.6 is 12.4 Å². The van der Waals surface area contributed by atoms with E-state index in [0.717, 1.165) is 6.54 Å². The average molecular weight is 243 g/mol. The topological polar surface area (TPSA) is 29.3 Å². The Morgan fingerprint density at radius 2 is 1.69 bits per heavy atom. The Morgan fingerprint density at radius 3 is 2.12 bits per heavy atom. The molecule has 0 heterocycles. The fourth-order valence-corrected chi connectivity index (χ4v) is 1.71. The molecular weight excluding hydrogens is 220 g/mol. The zero-order chi connectivity index (χ0) is 11.4. The van der Waals surface area contributed by atoms with Crippen molar-refractivity contribution in [1.29, 1.82) is 0 Å². The molecule has 2 unspecified atom stereocenters. The number of aryl methyl sites for hydroxylation is 1. The van der Waals surface area contributed by atoms with Crippen LogP contribution in [0.2, 0.25) is 0 Å². The molecule has 2 atom stereocenters. The highest BCUT2D eigenvalue weighted by Crippen LogP contribution is 2.18. The molecular formula is C13H23ClN2. The summed E-state index contributed by atoms with van der Waals surface area (Å²) in [7, 11) is 2.12. The number of benzene rings is 1. The van der Waals surface area contributed by atoms with E-state index >= 15 is 0 Å². The second-order valence-electron chi connectivity index (χ2n) is 4.50. The van der Waals surface area contributed by atoms with Crippen molar-refractivity contribution in [2.75, 3.05) is 13.6 Å². The van der Waals surface area contributed by atoms with Crippen molar-refractivity contribution < 1.29 is 0 Å². The Balaban J connectivity index is 0.00000225. The van der Waals surface area contributed by atoms with Gasteiger partial charge in [-0.05, 0) is 33.4 Å². The van der Waals surface area contributed by atoms with Gasteiger partial charge in [-0.1, -0.05) is 29.8 Å². The van der Waals surface area contributed by atoms with Gasteiger partial charge in [0, 0.05) is 18.6 Å². The summed E-state index contributed by atoms with van der Waals surface area (Å²) < 4.78 is 0. The monoisotopic (exact) mass is 242 g/mol. The number of nitrogens with two attached hydrogens (primary N) is 1. The molecule has 0 aliphatic rings. The van der Waals surface area contributed by atoms with Gasteiger partial charge in [-0.15, -0.1) is 12.4 Å². The number of hydrogen-bond acceptors (Lipinski definition) is 2. The summed E-state index contributed by atoms with van der Waals surface area (Å²) in [5.74, 6) is 0. The molecule has 1 rings (SSSR count). The predicted molar refractivity (Wildman–Crippen MR) is 73.1 cm³/mol. The highest BCUT2D eigenvalue weighted by atomic mass is 35.5. The molecule has 92 valence electrons. The predicted octanol–water partition coefficient (Wildman–Crippen LogP) is 2.76. The molecule has 16 heavy (non-hydrogen) atoms. The van der Waals surface area contributed by atoms with Gasteiger partial charge in [-0.25, -0.2) is 0 Å². The van der Waals surface area contributed by atoms with E-state index in [1.165, 1.54) is 11.1 Å². The second-order valence-corrected chi connectivity index (χ2v) is 4.50. The van der Waals surface area contributed by atoms with E-state index in [1.54, 1.807) is 0 Å². The smallest absolute Gasteiger partial charge is 0.0317 e. The minimum atomic E-state index is 0. The van der Waals surface area contributed by atoms with Gasteiger partial charge in [0.25, 0.3) is 0 Å². The average Bonchev–Trinajstić information content (AvgIpc) is 2.17. The Bertz CT molecular complexity index is 295. The summed E-state index contributed by atoms with van der Waals surface area (Å²) in [5, 5.41) is 0. The van der Waals surface area contributed by atoms with Crippen LogP contribution in [-0.2, 0) is 0 Å². The minimum absolute atomic E-state index is 0. The van der Waals surface area contributed by atoms with Gasteiger partial charge in [0.15, 0.2) is 0 Å². The summed E-state index contributed by atoms with van der Waals surface area (Å²) in [4.78, 5) is 2.29. The molecule has 0 amide bonds. The van der Waals surface area contributed by atoms with E-state index in [1.807, 2.05) is 6.92 Å². The number of likely N-dealkylation sites (N-methyl/N-ethyl adjacent to an activating group) is 1. The van der Waals surface area contributed by atoms with Gasteiger partial charge in [-0.2, -0.15) is 0 Å². The molecule has 2 nitrogen and oxygen atoms in total. The Hall–Kier alpha value is -0.570. The highest BCUT2D eigenvalue weighted by Gasteiger charge is 2.12. The molecule has 0 fully saturated rings. The van der Waals surface area contributed by atoms with Crippen LogP contribution in [0.1, 0.15) is 31.0 Å². The molecule has 3 heteroatoms. The third kappa shape index (κ3) is 4.52. The lowest BCUT2D eigenvalue weighted by molar-refractivity contribution is 0.249. The Labute approximate surface area is 105 Å². The summed E-state index contributed by atoms with van der Waals surface area (Å²) in [6.07, 6.45) is 0. The lowest BCUT2D eigenvalue weighted by Gasteiger charge is -2.26. The van der Waals surface area contributed by atoms with Crippen LogP contribution in [0.15, 0.2) is 24.3 Å². The number of halogens is 1. The first kappa shape index (κ1) is 15.4. The van der Waals surface area contributed by atoms with Crippen LogP contribution in [0, 0.1) is 6.92 Å². The normalized spacial score (nSPS) is 14.4. The minimum Gasteiger partial charge on any atom is -0.327 e. The zero-order valence-electron chi connectivity index (χ0n) is 10.6. The van der Waals surface area contributed by atoms with Crippen molar-refractivity contribution >= 4 is 12.4 Å². The van der Waals surface area contributed by atoms with Gasteiger partial charge in [-0.3, -0.25) is 4.90 Å². The van der Waals surface area contributed by atoms with Gasteiger partial charge < -0.3 is 5.73 Å². The molecule has 1 aromatic carbocycles. The van der Waals surface area contributed by atoms with Crippen LogP contribution < -0.4 is 5.73 Å². The SMILES string of the molecule is Cc1ccc(C(C)N(C)CC(C)N)cc1.Cl. The largest absolute Gasteiger partial charge is 0.327 e. The lowest BCUT2D eigenvalue weighted by atomic mass is 10.1. The van der Waals surface area contributed by atoms with Gasteiger partial charge >= 0.3 is 0 Å². The first-order valence-electron chi connectivity index (χ1n) is 5.53. The number of rotatable bonds is 4. The molecule has 0 radical (unpaired) electrons. The van der Waals surface area contributed by atoms with Crippen LogP contribution in [0.25, 0.3) is 0 Å². The third-order valence-electron chi connectivity index (χ3n) is 2.80. The van der Waals surface area contributed by atoms with E-state index < -0.39 is 0 Å². The van der Waals surface area contributed by atoms with Crippen LogP contribution in [0.3, 0.4) is 0 Å². The number of hydrogen-bond donors (Lipinski definition) is 1. The fraction of sp³-hybridized carbons (Fsp3) is 0.538. The third-order valence-corrected chi connectivity index (χ3v) is 2.80. The molecule has 1 aromatic rings. The first-order chi connectivity index (χ1) is 7.00. The van der Waals surface area contributed by atoms with Crippen LogP contribution in [0.4, 0.5) is 0 Å². The lowest BCUT2D eigenvalue weighted by Crippen LogP contribution is -2.34. The van der Waals surface area contributed by atoms with Crippen molar-refractivity contribution in [2.24, 2.45) is 5.73 Å². The maximum Gasteiger partial charge on any atom is 0.0317 e. The summed E-state index contributed by atoms with van der Waals surface area (Å²) >= 11 is 0. The van der Waals surface area contributed by atoms with Crippen molar-refractivity contribution in [3.05, 3.63) is 35.4 Å². The summed E-state index contributed by atoms with van der Waals surface area (Å²) in [5.41, 5.74) is 8.45. The van der Waals surface area contributed by atoms with E-state index in [2.05, 4.69) is 50.1 Å². The molecule has 0 saturated heterocycles. The maximum absolute atomic E-state index is 5.79. The van der Waals surface area contributed by atoms with E-state index in [-0.39, 0.29) is 18.4 Å². The molecule has 0 spiro atoms. The Kier molecular flexibility index (Phi) is 6.65. The van der Waals surface area contributed by atoms with E-state index in [9.17, 15) is 0 Å². The van der Waals surface area contributed by atoms with E-state index in [4.69, 9.17) is 5.73 Å². The summed E-state index contributed by atoms with van der Waals surface area (Å²) in [6.45, 7) is 7.29. The fourth-order valence-electron chi connectivity index (χ4n) is 1.71. The summed E-state index contributed by atoms with van der Waals surface area (Å²) in [6, 6.07) is 9.35. The van der Waals surface area contributed by atoms with Crippen molar-refractivity contribution in [1.82, 2.24) is 4.90 Å². The van der Waals surface area contributed by atoms with Crippen molar-refractivity contribution in [3.8, 4) is 0 Å².